The first-order valence-electron chi connectivity index (χ1n) is 9.36. The first kappa shape index (κ1) is 20.8. The van der Waals surface area contributed by atoms with E-state index in [1.165, 1.54) is 16.2 Å². The van der Waals surface area contributed by atoms with Crippen LogP contribution in [0.5, 0.6) is 0 Å². The molecule has 156 valence electrons. The van der Waals surface area contributed by atoms with Gasteiger partial charge in [0, 0.05) is 41.8 Å². The number of para-hydroxylation sites is 1. The van der Waals surface area contributed by atoms with Crippen LogP contribution >= 0.6 is 23.1 Å². The Morgan fingerprint density at radius 2 is 1.81 bits per heavy atom. The zero-order chi connectivity index (χ0) is 21.8. The van der Waals surface area contributed by atoms with E-state index in [9.17, 15) is 9.59 Å². The number of rotatable bonds is 5. The van der Waals surface area contributed by atoms with Crippen LogP contribution in [-0.4, -0.2) is 44.9 Å². The maximum absolute atomic E-state index is 12.6. The van der Waals surface area contributed by atoms with Gasteiger partial charge in [0.15, 0.2) is 0 Å². The highest BCUT2D eigenvalue weighted by Crippen LogP contribution is 2.26. The number of nitrogens with one attached hydrogen (secondary N) is 1. The van der Waals surface area contributed by atoms with Crippen LogP contribution in [0.4, 0.5) is 10.5 Å². The van der Waals surface area contributed by atoms with E-state index in [0.717, 1.165) is 32.9 Å². The lowest BCUT2D eigenvalue weighted by Gasteiger charge is -2.09. The molecule has 0 saturated carbocycles. The third-order valence-electron chi connectivity index (χ3n) is 4.27. The van der Waals surface area contributed by atoms with Crippen molar-refractivity contribution in [3.8, 4) is 16.3 Å². The summed E-state index contributed by atoms with van der Waals surface area (Å²) >= 11 is 2.52. The molecule has 0 aliphatic heterocycles. The number of anilines is 1. The first-order chi connectivity index (χ1) is 15.0. The van der Waals surface area contributed by atoms with Gasteiger partial charge in [0.05, 0.1) is 11.9 Å². The minimum atomic E-state index is -0.289. The summed E-state index contributed by atoms with van der Waals surface area (Å²) in [5.74, 6) is -0.289. The number of benzene rings is 2. The normalized spacial score (nSPS) is 10.6. The second kappa shape index (κ2) is 9.15. The predicted octanol–water partition coefficient (Wildman–Crippen LogP) is 5.02. The summed E-state index contributed by atoms with van der Waals surface area (Å²) in [6.45, 7) is 0. The van der Waals surface area contributed by atoms with Crippen LogP contribution in [0.1, 0.15) is 10.5 Å². The number of hydrogen-bond acceptors (Lipinski definition) is 6. The van der Waals surface area contributed by atoms with Gasteiger partial charge in [0.25, 0.3) is 11.1 Å². The van der Waals surface area contributed by atoms with Crippen molar-refractivity contribution in [2.45, 2.75) is 4.90 Å². The SMILES string of the molecule is CN(C)C(=O)Sc1ccc(NC(=O)c2csc(-c3cnn(-c4ccccc4)c3)n2)cc1. The van der Waals surface area contributed by atoms with E-state index in [4.69, 9.17) is 0 Å². The number of nitrogens with zero attached hydrogens (tertiary/aromatic N) is 4. The fourth-order valence-corrected chi connectivity index (χ4v) is 4.09. The molecule has 0 aliphatic carbocycles. The van der Waals surface area contributed by atoms with Crippen molar-refractivity contribution in [1.82, 2.24) is 19.7 Å². The van der Waals surface area contributed by atoms with E-state index in [1.54, 1.807) is 54.6 Å². The first-order valence-corrected chi connectivity index (χ1v) is 11.1. The summed E-state index contributed by atoms with van der Waals surface area (Å²) in [7, 11) is 3.41. The molecule has 0 atom stereocenters. The molecular formula is C22H19N5O2S2. The molecule has 2 aromatic heterocycles. The Morgan fingerprint density at radius 3 is 2.52 bits per heavy atom. The van der Waals surface area contributed by atoms with Crippen molar-refractivity contribution in [2.24, 2.45) is 0 Å². The summed E-state index contributed by atoms with van der Waals surface area (Å²) in [4.78, 5) is 31.1. The molecule has 2 heterocycles. The number of carbonyl (C=O) groups is 2. The number of aromatic nitrogens is 3. The maximum atomic E-state index is 12.6. The van der Waals surface area contributed by atoms with Crippen LogP contribution in [0, 0.1) is 0 Å². The average molecular weight is 450 g/mol. The van der Waals surface area contributed by atoms with Gasteiger partial charge >= 0.3 is 0 Å². The van der Waals surface area contributed by atoms with Crippen molar-refractivity contribution < 1.29 is 9.59 Å². The molecule has 31 heavy (non-hydrogen) atoms. The molecule has 1 N–H and O–H groups in total. The highest BCUT2D eigenvalue weighted by atomic mass is 32.2. The number of hydrogen-bond donors (Lipinski definition) is 1. The summed E-state index contributed by atoms with van der Waals surface area (Å²) < 4.78 is 1.77. The monoisotopic (exact) mass is 449 g/mol. The molecule has 0 radical (unpaired) electrons. The molecule has 9 heteroatoms. The smallest absolute Gasteiger partial charge is 0.285 e. The standard InChI is InChI=1S/C22H19N5O2S2/c1-26(2)22(29)31-18-10-8-16(9-11-18)24-20(28)19-14-30-21(25-19)15-12-23-27(13-15)17-6-4-3-5-7-17/h3-14H,1-2H3,(H,24,28). The number of thiazole rings is 1. The molecule has 2 amide bonds. The third kappa shape index (κ3) is 5.01. The molecule has 0 unspecified atom stereocenters. The molecule has 0 aliphatic rings. The minimum absolute atomic E-state index is 0.0534. The van der Waals surface area contributed by atoms with Crippen molar-refractivity contribution in [3.63, 3.8) is 0 Å². The Kier molecular flexibility index (Phi) is 6.15. The van der Waals surface area contributed by atoms with Gasteiger partial charge in [-0.1, -0.05) is 18.2 Å². The van der Waals surface area contributed by atoms with Crippen LogP contribution in [0.2, 0.25) is 0 Å². The van der Waals surface area contributed by atoms with E-state index in [1.807, 2.05) is 36.5 Å². The Morgan fingerprint density at radius 1 is 1.06 bits per heavy atom. The van der Waals surface area contributed by atoms with Crippen LogP contribution in [0.3, 0.4) is 0 Å². The second-order valence-corrected chi connectivity index (χ2v) is 8.67. The molecule has 0 fully saturated rings. The van der Waals surface area contributed by atoms with Crippen LogP contribution in [0.25, 0.3) is 16.3 Å². The van der Waals surface area contributed by atoms with Gasteiger partial charge in [-0.25, -0.2) is 9.67 Å². The Bertz CT molecular complexity index is 1200. The number of carbonyl (C=O) groups excluding carboxylic acids is 2. The summed E-state index contributed by atoms with van der Waals surface area (Å²) in [5.41, 5.74) is 2.78. The lowest BCUT2D eigenvalue weighted by atomic mass is 10.3. The van der Waals surface area contributed by atoms with Gasteiger partial charge < -0.3 is 10.2 Å². The van der Waals surface area contributed by atoms with Crippen LogP contribution < -0.4 is 5.32 Å². The molecule has 4 rings (SSSR count). The molecular weight excluding hydrogens is 430 g/mol. The van der Waals surface area contributed by atoms with E-state index < -0.39 is 0 Å². The summed E-state index contributed by atoms with van der Waals surface area (Å²) in [5, 5.41) is 9.61. The fourth-order valence-electron chi connectivity index (χ4n) is 2.66. The highest BCUT2D eigenvalue weighted by molar-refractivity contribution is 8.13. The summed E-state index contributed by atoms with van der Waals surface area (Å²) in [6, 6.07) is 16.9. The van der Waals surface area contributed by atoms with Crippen molar-refractivity contribution in [1.29, 1.82) is 0 Å². The largest absolute Gasteiger partial charge is 0.339 e. The maximum Gasteiger partial charge on any atom is 0.285 e. The zero-order valence-corrected chi connectivity index (χ0v) is 18.5. The summed E-state index contributed by atoms with van der Waals surface area (Å²) in [6.07, 6.45) is 3.63. The molecule has 0 spiro atoms. The van der Waals surface area contributed by atoms with Gasteiger partial charge in [-0.05, 0) is 48.2 Å². The lowest BCUT2D eigenvalue weighted by Crippen LogP contribution is -2.16. The van der Waals surface area contributed by atoms with E-state index >= 15 is 0 Å². The quantitative estimate of drug-likeness (QED) is 0.433. The number of thioether (sulfide) groups is 1. The van der Waals surface area contributed by atoms with Gasteiger partial charge in [-0.2, -0.15) is 5.10 Å². The predicted molar refractivity (Wildman–Crippen MR) is 124 cm³/mol. The van der Waals surface area contributed by atoms with Gasteiger partial charge in [-0.15, -0.1) is 11.3 Å². The highest BCUT2D eigenvalue weighted by Gasteiger charge is 2.14. The van der Waals surface area contributed by atoms with E-state index in [0.29, 0.717) is 11.4 Å². The van der Waals surface area contributed by atoms with E-state index in [2.05, 4.69) is 15.4 Å². The third-order valence-corrected chi connectivity index (χ3v) is 6.21. The topological polar surface area (TPSA) is 80.1 Å². The minimum Gasteiger partial charge on any atom is -0.339 e. The Balaban J connectivity index is 1.42. The molecule has 4 aromatic rings. The van der Waals surface area contributed by atoms with Crippen molar-refractivity contribution in [3.05, 3.63) is 78.1 Å². The van der Waals surface area contributed by atoms with Crippen molar-refractivity contribution in [2.75, 3.05) is 19.4 Å². The Labute approximate surface area is 187 Å². The average Bonchev–Trinajstić information content (AvgIpc) is 3.45. The fraction of sp³-hybridized carbons (Fsp3) is 0.0909. The number of amides is 2. The molecule has 2 aromatic carbocycles. The van der Waals surface area contributed by atoms with Gasteiger partial charge in [0.2, 0.25) is 0 Å². The Hall–Kier alpha value is -3.43. The van der Waals surface area contributed by atoms with Gasteiger partial charge in [-0.3, -0.25) is 9.59 Å². The molecule has 0 bridgehead atoms. The molecule has 0 saturated heterocycles. The molecule has 7 nitrogen and oxygen atoms in total. The lowest BCUT2D eigenvalue weighted by molar-refractivity contribution is 0.102. The van der Waals surface area contributed by atoms with Crippen LogP contribution in [0.15, 0.2) is 77.3 Å². The second-order valence-electron chi connectivity index (χ2n) is 6.79. The van der Waals surface area contributed by atoms with Crippen molar-refractivity contribution >= 4 is 39.9 Å². The van der Waals surface area contributed by atoms with Gasteiger partial charge in [0.1, 0.15) is 10.7 Å². The van der Waals surface area contributed by atoms with Crippen LogP contribution in [-0.2, 0) is 0 Å². The zero-order valence-electron chi connectivity index (χ0n) is 16.9. The van der Waals surface area contributed by atoms with E-state index in [-0.39, 0.29) is 11.1 Å².